The number of aromatic nitrogens is 1. The van der Waals surface area contributed by atoms with Gasteiger partial charge in [0.2, 0.25) is 0 Å². The van der Waals surface area contributed by atoms with E-state index in [2.05, 4.69) is 15.0 Å². The van der Waals surface area contributed by atoms with E-state index in [-0.39, 0.29) is 5.97 Å². The first-order valence-electron chi connectivity index (χ1n) is 4.56. The number of carbonyl (C=O) groups excluding carboxylic acids is 1. The van der Waals surface area contributed by atoms with E-state index in [0.29, 0.717) is 5.75 Å². The van der Waals surface area contributed by atoms with E-state index in [1.807, 2.05) is 19.2 Å². The highest BCUT2D eigenvalue weighted by atomic mass is 32.2. The van der Waals surface area contributed by atoms with Gasteiger partial charge in [0.05, 0.1) is 12.9 Å². The van der Waals surface area contributed by atoms with Crippen molar-refractivity contribution in [1.82, 2.24) is 10.3 Å². The average molecular weight is 226 g/mol. The first kappa shape index (κ1) is 12.0. The van der Waals surface area contributed by atoms with Crippen LogP contribution in [0.4, 0.5) is 0 Å². The average Bonchev–Trinajstić information content (AvgIpc) is 2.28. The van der Waals surface area contributed by atoms with Crippen molar-refractivity contribution >= 4 is 17.7 Å². The first-order chi connectivity index (χ1) is 7.27. The summed E-state index contributed by atoms with van der Waals surface area (Å²) in [4.78, 5) is 15.2. The van der Waals surface area contributed by atoms with E-state index < -0.39 is 0 Å². The zero-order valence-corrected chi connectivity index (χ0v) is 9.63. The molecular formula is C10H14N2O2S. The molecule has 0 unspecified atom stereocenters. The Morgan fingerprint density at radius 1 is 1.67 bits per heavy atom. The van der Waals surface area contributed by atoms with Gasteiger partial charge in [-0.3, -0.25) is 4.79 Å². The Balaban J connectivity index is 2.62. The zero-order valence-electron chi connectivity index (χ0n) is 8.82. The maximum absolute atomic E-state index is 11.0. The fourth-order valence-electron chi connectivity index (χ4n) is 1.07. The molecule has 0 saturated heterocycles. The highest BCUT2D eigenvalue weighted by Crippen LogP contribution is 2.19. The molecule has 0 bridgehead atoms. The summed E-state index contributed by atoms with van der Waals surface area (Å²) in [6.45, 7) is 0.747. The number of nitrogens with one attached hydrogen (secondary N) is 1. The minimum absolute atomic E-state index is 0.235. The smallest absolute Gasteiger partial charge is 0.316 e. The molecule has 1 aromatic rings. The van der Waals surface area contributed by atoms with Gasteiger partial charge < -0.3 is 10.1 Å². The maximum atomic E-state index is 11.0. The van der Waals surface area contributed by atoms with Gasteiger partial charge in [0, 0.05) is 12.7 Å². The van der Waals surface area contributed by atoms with Crippen molar-refractivity contribution in [2.45, 2.75) is 11.6 Å². The highest BCUT2D eigenvalue weighted by molar-refractivity contribution is 7.99. The fourth-order valence-corrected chi connectivity index (χ4v) is 1.90. The molecule has 1 rings (SSSR count). The third-order valence-corrected chi connectivity index (χ3v) is 2.79. The topological polar surface area (TPSA) is 51.2 Å². The Hall–Kier alpha value is -1.07. The van der Waals surface area contributed by atoms with Gasteiger partial charge in [0.15, 0.2) is 0 Å². The molecule has 0 atom stereocenters. The zero-order chi connectivity index (χ0) is 11.1. The summed E-state index contributed by atoms with van der Waals surface area (Å²) in [7, 11) is 3.26. The lowest BCUT2D eigenvalue weighted by molar-refractivity contribution is -0.137. The Morgan fingerprint density at radius 2 is 2.47 bits per heavy atom. The minimum Gasteiger partial charge on any atom is -0.468 e. The lowest BCUT2D eigenvalue weighted by atomic mass is 10.3. The lowest BCUT2D eigenvalue weighted by Gasteiger charge is -2.06. The predicted molar refractivity (Wildman–Crippen MR) is 59.7 cm³/mol. The number of methoxy groups -OCH3 is 1. The quantitative estimate of drug-likeness (QED) is 0.601. The number of rotatable bonds is 5. The molecule has 4 nitrogen and oxygen atoms in total. The molecule has 1 heterocycles. The summed E-state index contributed by atoms with van der Waals surface area (Å²) in [6.07, 6.45) is 1.72. The molecule has 0 saturated carbocycles. The predicted octanol–water partition coefficient (Wildman–Crippen LogP) is 1.07. The Kier molecular flexibility index (Phi) is 5.14. The summed E-state index contributed by atoms with van der Waals surface area (Å²) < 4.78 is 4.57. The van der Waals surface area contributed by atoms with Crippen LogP contribution in [0.5, 0.6) is 0 Å². The van der Waals surface area contributed by atoms with Gasteiger partial charge in [-0.2, -0.15) is 0 Å². The number of esters is 1. The van der Waals surface area contributed by atoms with Gasteiger partial charge in [0.25, 0.3) is 0 Å². The normalized spacial score (nSPS) is 10.0. The summed E-state index contributed by atoms with van der Waals surface area (Å²) in [5, 5.41) is 3.93. The second kappa shape index (κ2) is 6.42. The van der Waals surface area contributed by atoms with E-state index in [9.17, 15) is 4.79 Å². The molecule has 1 aromatic heterocycles. The van der Waals surface area contributed by atoms with Crippen LogP contribution in [0, 0.1) is 0 Å². The van der Waals surface area contributed by atoms with Gasteiger partial charge in [-0.1, -0.05) is 17.8 Å². The van der Waals surface area contributed by atoms with Crippen LogP contribution in [-0.2, 0) is 16.1 Å². The number of nitrogens with zero attached hydrogens (tertiary/aromatic N) is 1. The van der Waals surface area contributed by atoms with Gasteiger partial charge in [-0.25, -0.2) is 4.98 Å². The molecule has 0 spiro atoms. The van der Waals surface area contributed by atoms with Crippen LogP contribution in [-0.4, -0.2) is 30.9 Å². The number of ether oxygens (including phenoxy) is 1. The molecule has 5 heteroatoms. The summed E-state index contributed by atoms with van der Waals surface area (Å²) in [5.41, 5.74) is 1.09. The van der Waals surface area contributed by atoms with E-state index in [1.165, 1.54) is 18.9 Å². The lowest BCUT2D eigenvalue weighted by Crippen LogP contribution is -2.08. The van der Waals surface area contributed by atoms with Crippen molar-refractivity contribution < 1.29 is 9.53 Å². The number of hydrogen-bond donors (Lipinski definition) is 1. The van der Waals surface area contributed by atoms with Crippen molar-refractivity contribution in [3.05, 3.63) is 23.9 Å². The summed E-state index contributed by atoms with van der Waals surface area (Å²) in [6, 6.07) is 3.87. The Bertz CT molecular complexity index is 331. The number of thioether (sulfide) groups is 1. The first-order valence-corrected chi connectivity index (χ1v) is 5.54. The van der Waals surface area contributed by atoms with Crippen molar-refractivity contribution in [3.8, 4) is 0 Å². The van der Waals surface area contributed by atoms with Crippen LogP contribution in [0.1, 0.15) is 5.56 Å². The van der Waals surface area contributed by atoms with E-state index in [1.54, 1.807) is 6.20 Å². The van der Waals surface area contributed by atoms with Gasteiger partial charge in [0.1, 0.15) is 5.03 Å². The van der Waals surface area contributed by atoms with Gasteiger partial charge in [-0.05, 0) is 18.7 Å². The molecular weight excluding hydrogens is 212 g/mol. The van der Waals surface area contributed by atoms with Gasteiger partial charge >= 0.3 is 5.97 Å². The molecule has 0 aliphatic rings. The molecule has 15 heavy (non-hydrogen) atoms. The summed E-state index contributed by atoms with van der Waals surface area (Å²) >= 11 is 1.39. The van der Waals surface area contributed by atoms with E-state index >= 15 is 0 Å². The molecule has 1 N–H and O–H groups in total. The van der Waals surface area contributed by atoms with Crippen molar-refractivity contribution in [2.75, 3.05) is 19.9 Å². The standard InChI is InChI=1S/C10H14N2O2S/c1-11-6-8-4-3-5-12-10(8)15-7-9(13)14-2/h3-5,11H,6-7H2,1-2H3. The number of pyridine rings is 1. The number of hydrogen-bond acceptors (Lipinski definition) is 5. The maximum Gasteiger partial charge on any atom is 0.316 e. The number of carbonyl (C=O) groups is 1. The van der Waals surface area contributed by atoms with Crippen molar-refractivity contribution in [3.63, 3.8) is 0 Å². The molecule has 0 fully saturated rings. The monoisotopic (exact) mass is 226 g/mol. The van der Waals surface area contributed by atoms with E-state index in [4.69, 9.17) is 0 Å². The third-order valence-electron chi connectivity index (χ3n) is 1.77. The summed E-state index contributed by atoms with van der Waals surface area (Å²) in [5.74, 6) is 0.0607. The Labute approximate surface area is 93.4 Å². The fraction of sp³-hybridized carbons (Fsp3) is 0.400. The van der Waals surface area contributed by atoms with Crippen LogP contribution in [0.15, 0.2) is 23.4 Å². The largest absolute Gasteiger partial charge is 0.468 e. The molecule has 0 aliphatic carbocycles. The molecule has 82 valence electrons. The van der Waals surface area contributed by atoms with E-state index in [0.717, 1.165) is 17.1 Å². The molecule has 0 aliphatic heterocycles. The van der Waals surface area contributed by atoms with Crippen molar-refractivity contribution in [1.29, 1.82) is 0 Å². The molecule has 0 radical (unpaired) electrons. The van der Waals surface area contributed by atoms with Crippen LogP contribution < -0.4 is 5.32 Å². The molecule has 0 aromatic carbocycles. The van der Waals surface area contributed by atoms with Crippen LogP contribution >= 0.6 is 11.8 Å². The third kappa shape index (κ3) is 3.89. The van der Waals surface area contributed by atoms with Gasteiger partial charge in [-0.15, -0.1) is 0 Å². The van der Waals surface area contributed by atoms with Crippen LogP contribution in [0.25, 0.3) is 0 Å². The van der Waals surface area contributed by atoms with Crippen LogP contribution in [0.2, 0.25) is 0 Å². The molecule has 0 amide bonds. The van der Waals surface area contributed by atoms with Crippen LogP contribution in [0.3, 0.4) is 0 Å². The second-order valence-corrected chi connectivity index (χ2v) is 3.83. The van der Waals surface area contributed by atoms with Crippen molar-refractivity contribution in [2.24, 2.45) is 0 Å². The highest BCUT2D eigenvalue weighted by Gasteiger charge is 2.06. The minimum atomic E-state index is -0.235. The SMILES string of the molecule is CNCc1cccnc1SCC(=O)OC. The Morgan fingerprint density at radius 3 is 3.13 bits per heavy atom. The second-order valence-electron chi connectivity index (χ2n) is 2.86.